The van der Waals surface area contributed by atoms with E-state index in [1.807, 2.05) is 12.2 Å². The van der Waals surface area contributed by atoms with Crippen LogP contribution in [0.15, 0.2) is 54.2 Å². The van der Waals surface area contributed by atoms with Gasteiger partial charge in [0.2, 0.25) is 0 Å². The quantitative estimate of drug-likeness (QED) is 0.305. The highest BCUT2D eigenvalue weighted by molar-refractivity contribution is 5.78. The molecule has 8 aliphatic carbocycles. The number of benzene rings is 1. The lowest BCUT2D eigenvalue weighted by molar-refractivity contribution is -0.297. The predicted molar refractivity (Wildman–Crippen MR) is 152 cm³/mol. The molecule has 1 aromatic rings. The van der Waals surface area contributed by atoms with Crippen LogP contribution in [-0.2, 0) is 15.6 Å². The number of fused-ring (bicyclic) bond motifs is 1. The zero-order valence-electron chi connectivity index (χ0n) is 23.1. The van der Waals surface area contributed by atoms with Crippen molar-refractivity contribution in [3.8, 4) is 5.75 Å². The molecule has 8 saturated carbocycles. The van der Waals surface area contributed by atoms with Crippen molar-refractivity contribution in [1.82, 2.24) is 0 Å². The van der Waals surface area contributed by atoms with Crippen LogP contribution in [-0.4, -0.2) is 12.6 Å². The Morgan fingerprint density at radius 2 is 1.28 bits per heavy atom. The molecule has 10 rings (SSSR count). The van der Waals surface area contributed by atoms with Crippen LogP contribution in [0.4, 0.5) is 0 Å². The van der Waals surface area contributed by atoms with E-state index in [2.05, 4.69) is 24.3 Å². The zero-order chi connectivity index (χ0) is 26.2. The van der Waals surface area contributed by atoms with Crippen molar-refractivity contribution < 1.29 is 14.6 Å². The van der Waals surface area contributed by atoms with E-state index in [9.17, 15) is 9.90 Å². The Balaban J connectivity index is 1.19. The van der Waals surface area contributed by atoms with Crippen LogP contribution >= 0.6 is 0 Å². The Morgan fingerprint density at radius 3 is 1.85 bits per heavy atom. The lowest BCUT2D eigenvalue weighted by atomic mass is 9.46. The van der Waals surface area contributed by atoms with E-state index in [1.165, 1.54) is 100 Å². The first-order chi connectivity index (χ1) is 19.0. The van der Waals surface area contributed by atoms with Gasteiger partial charge in [0.25, 0.3) is 0 Å². The molecule has 0 amide bonds. The first-order valence-electron chi connectivity index (χ1n) is 15.7. The number of carboxylic acid groups (broad SMARTS) is 1. The molecule has 1 aromatic carbocycles. The molecule has 39 heavy (non-hydrogen) atoms. The molecule has 204 valence electrons. The van der Waals surface area contributed by atoms with Crippen molar-refractivity contribution in [1.29, 1.82) is 0 Å². The Hall–Kier alpha value is -2.55. The summed E-state index contributed by atoms with van der Waals surface area (Å²) in [6, 6.07) is 5.25. The van der Waals surface area contributed by atoms with Gasteiger partial charge in [-0.05, 0) is 153 Å². The van der Waals surface area contributed by atoms with Gasteiger partial charge in [-0.25, -0.2) is 0 Å². The summed E-state index contributed by atoms with van der Waals surface area (Å²) in [5.41, 5.74) is 6.42. The maximum Gasteiger partial charge on any atom is 0.130 e. The molecule has 9 aliphatic rings. The van der Waals surface area contributed by atoms with Crippen LogP contribution in [0, 0.1) is 35.5 Å². The van der Waals surface area contributed by atoms with E-state index in [1.54, 1.807) is 17.2 Å². The molecule has 8 fully saturated rings. The summed E-state index contributed by atoms with van der Waals surface area (Å²) in [6.07, 6.45) is 29.8. The van der Waals surface area contributed by atoms with Gasteiger partial charge < -0.3 is 14.6 Å². The van der Waals surface area contributed by atoms with Gasteiger partial charge in [-0.1, -0.05) is 36.4 Å². The lowest BCUT2D eigenvalue weighted by Gasteiger charge is -2.59. The first kappa shape index (κ1) is 24.3. The molecule has 0 spiro atoms. The Bertz CT molecular complexity index is 1240. The average molecular weight is 522 g/mol. The second kappa shape index (κ2) is 8.98. The highest BCUT2D eigenvalue weighted by Gasteiger charge is 2.55. The molecule has 3 nitrogen and oxygen atoms in total. The smallest absolute Gasteiger partial charge is 0.130 e. The molecule has 3 heteroatoms. The number of rotatable bonds is 6. The average Bonchev–Trinajstić information content (AvgIpc) is 2.88. The zero-order valence-corrected chi connectivity index (χ0v) is 23.1. The number of aliphatic carboxylic acids is 1. The van der Waals surface area contributed by atoms with Crippen LogP contribution in [0.5, 0.6) is 5.75 Å². The topological polar surface area (TPSA) is 49.4 Å². The molecule has 0 saturated heterocycles. The minimum atomic E-state index is -1.17. The number of carbonyl (C=O) groups excluding carboxylic acids is 1. The molecule has 1 aliphatic heterocycles. The number of hydrogen-bond donors (Lipinski definition) is 0. The summed E-state index contributed by atoms with van der Waals surface area (Å²) in [5.74, 6) is 5.61. The maximum atomic E-state index is 10.6. The van der Waals surface area contributed by atoms with Gasteiger partial charge in [0.1, 0.15) is 12.4 Å². The Kier molecular flexibility index (Phi) is 5.59. The normalized spacial score (nSPS) is 41.5. The molecule has 8 bridgehead atoms. The second-order valence-corrected chi connectivity index (χ2v) is 14.8. The van der Waals surface area contributed by atoms with Crippen LogP contribution in [0.25, 0.3) is 6.08 Å². The number of allylic oxidation sites excluding steroid dienone is 4. The summed E-state index contributed by atoms with van der Waals surface area (Å²) in [6.45, 7) is 0.600. The maximum absolute atomic E-state index is 10.6. The minimum Gasteiger partial charge on any atom is -0.545 e. The molecule has 0 atom stereocenters. The van der Waals surface area contributed by atoms with Crippen LogP contribution in [0.2, 0.25) is 0 Å². The summed E-state index contributed by atoms with van der Waals surface area (Å²) in [4.78, 5) is 10.6. The van der Waals surface area contributed by atoms with Crippen molar-refractivity contribution in [2.75, 3.05) is 6.61 Å². The van der Waals surface area contributed by atoms with Gasteiger partial charge in [-0.15, -0.1) is 0 Å². The minimum absolute atomic E-state index is 0.326. The van der Waals surface area contributed by atoms with E-state index in [0.29, 0.717) is 17.4 Å². The third-order valence-electron chi connectivity index (χ3n) is 12.0. The van der Waals surface area contributed by atoms with Crippen molar-refractivity contribution in [2.24, 2.45) is 35.5 Å². The van der Waals surface area contributed by atoms with Crippen LogP contribution in [0.1, 0.15) is 93.7 Å². The molecule has 0 radical (unpaired) electrons. The van der Waals surface area contributed by atoms with Gasteiger partial charge in [0.05, 0.1) is 5.97 Å². The fourth-order valence-electron chi connectivity index (χ4n) is 11.5. The molecule has 0 N–H and O–H groups in total. The van der Waals surface area contributed by atoms with E-state index >= 15 is 0 Å². The van der Waals surface area contributed by atoms with Gasteiger partial charge in [-0.2, -0.15) is 0 Å². The molecular formula is C36H41O3-. The number of ether oxygens (including phenoxy) is 1. The molecule has 0 unspecified atom stereocenters. The summed E-state index contributed by atoms with van der Waals surface area (Å²) >= 11 is 0. The van der Waals surface area contributed by atoms with Crippen molar-refractivity contribution >= 4 is 12.0 Å². The number of carboxylic acids is 1. The van der Waals surface area contributed by atoms with Crippen molar-refractivity contribution in [2.45, 2.75) is 87.9 Å². The van der Waals surface area contributed by atoms with E-state index in [0.717, 1.165) is 41.6 Å². The summed E-state index contributed by atoms with van der Waals surface area (Å²) < 4.78 is 6.70. The summed E-state index contributed by atoms with van der Waals surface area (Å²) in [7, 11) is 0. The van der Waals surface area contributed by atoms with E-state index < -0.39 is 5.97 Å². The van der Waals surface area contributed by atoms with Crippen LogP contribution < -0.4 is 9.84 Å². The Labute approximate surface area is 233 Å². The second-order valence-electron chi connectivity index (χ2n) is 14.8. The number of hydrogen-bond acceptors (Lipinski definition) is 3. The SMILES string of the molecule is O=C([O-])/C=C/C=C/C=C/C1=Cc2cc(C34CC5CC(CC(C5)C3)C4)cc(C34CC5CC(CC(C5)C3)C4)c2OC1. The Morgan fingerprint density at radius 1 is 0.744 bits per heavy atom. The molecule has 0 aromatic heterocycles. The monoisotopic (exact) mass is 521 g/mol. The van der Waals surface area contributed by atoms with Gasteiger partial charge >= 0.3 is 0 Å². The standard InChI is InChI=1S/C36H42O3/c37-33(38)6-4-2-1-3-5-23-13-30-14-31(35-16-24-7-25(17-35)9-26(8-24)18-35)15-32(34(30)39-22-23)36-19-27-10-28(20-36)12-29(11-27)21-36/h1-6,13-15,24-29H,7-12,16-22H2,(H,37,38)/p-1/b2-1+,5-3+,6-4+. The van der Waals surface area contributed by atoms with E-state index in [4.69, 9.17) is 4.74 Å². The highest BCUT2D eigenvalue weighted by Crippen LogP contribution is 2.65. The third-order valence-corrected chi connectivity index (χ3v) is 12.0. The molecular weight excluding hydrogens is 480 g/mol. The van der Waals surface area contributed by atoms with Gasteiger partial charge in [0, 0.05) is 11.1 Å². The summed E-state index contributed by atoms with van der Waals surface area (Å²) in [5, 5.41) is 10.6. The fourth-order valence-corrected chi connectivity index (χ4v) is 11.5. The van der Waals surface area contributed by atoms with Gasteiger partial charge in [-0.3, -0.25) is 0 Å². The first-order valence-corrected chi connectivity index (χ1v) is 15.7. The number of carbonyl (C=O) groups is 1. The molecule has 1 heterocycles. The van der Waals surface area contributed by atoms with E-state index in [-0.39, 0.29) is 0 Å². The largest absolute Gasteiger partial charge is 0.545 e. The van der Waals surface area contributed by atoms with Gasteiger partial charge in [0.15, 0.2) is 0 Å². The highest BCUT2D eigenvalue weighted by atomic mass is 16.5. The third kappa shape index (κ3) is 4.18. The lowest BCUT2D eigenvalue weighted by Crippen LogP contribution is -2.50. The predicted octanol–water partition coefficient (Wildman–Crippen LogP) is 6.82. The fraction of sp³-hybridized carbons (Fsp3) is 0.583. The van der Waals surface area contributed by atoms with Crippen molar-refractivity contribution in [3.63, 3.8) is 0 Å². The van der Waals surface area contributed by atoms with Crippen molar-refractivity contribution in [3.05, 3.63) is 70.9 Å². The van der Waals surface area contributed by atoms with Crippen LogP contribution in [0.3, 0.4) is 0 Å².